The molecule has 1 aliphatic rings. The van der Waals surface area contributed by atoms with Gasteiger partial charge in [0.1, 0.15) is 0 Å². The van der Waals surface area contributed by atoms with Crippen LogP contribution in [0.1, 0.15) is 41.8 Å². The van der Waals surface area contributed by atoms with Crippen LogP contribution in [-0.4, -0.2) is 68.4 Å². The van der Waals surface area contributed by atoms with Crippen molar-refractivity contribution in [2.24, 2.45) is 4.99 Å². The van der Waals surface area contributed by atoms with Gasteiger partial charge >= 0.3 is 0 Å². The van der Waals surface area contributed by atoms with Crippen LogP contribution >= 0.6 is 35.3 Å². The predicted molar refractivity (Wildman–Crippen MR) is 124 cm³/mol. The summed E-state index contributed by atoms with van der Waals surface area (Å²) in [5, 5.41) is 4.58. The molecule has 0 aliphatic carbocycles. The summed E-state index contributed by atoms with van der Waals surface area (Å²) in [6, 6.07) is 0. The van der Waals surface area contributed by atoms with Crippen molar-refractivity contribution in [2.45, 2.75) is 52.6 Å². The van der Waals surface area contributed by atoms with Crippen LogP contribution in [0.4, 0.5) is 0 Å². The zero-order valence-corrected chi connectivity index (χ0v) is 20.3. The van der Waals surface area contributed by atoms with Crippen LogP contribution in [0.15, 0.2) is 4.99 Å². The molecule has 1 aliphatic heterocycles. The quantitative estimate of drug-likeness (QED) is 0.239. The van der Waals surface area contributed by atoms with Gasteiger partial charge in [0.15, 0.2) is 5.96 Å². The summed E-state index contributed by atoms with van der Waals surface area (Å²) in [4.78, 5) is 13.1. The number of ether oxygens (including phenoxy) is 2. The maximum Gasteiger partial charge on any atom is 0.193 e. The zero-order valence-electron chi connectivity index (χ0n) is 17.1. The molecule has 0 amide bonds. The molecule has 1 aromatic heterocycles. The molecule has 2 rings (SSSR count). The van der Waals surface area contributed by atoms with Gasteiger partial charge in [0.2, 0.25) is 0 Å². The Hall–Kier alpha value is -0.450. The molecule has 1 N–H and O–H groups in total. The number of hydrogen-bond donors (Lipinski definition) is 1. The van der Waals surface area contributed by atoms with Crippen LogP contribution in [0, 0.1) is 13.8 Å². The topological polar surface area (TPSA) is 59.0 Å². The Labute approximate surface area is 185 Å². The van der Waals surface area contributed by atoms with Crippen molar-refractivity contribution in [3.63, 3.8) is 0 Å². The van der Waals surface area contributed by atoms with Gasteiger partial charge in [-0.05, 0) is 40.0 Å². The molecule has 0 unspecified atom stereocenters. The lowest BCUT2D eigenvalue weighted by Crippen LogP contribution is -2.47. The number of rotatable bonds is 9. The largest absolute Gasteiger partial charge is 0.385 e. The summed E-state index contributed by atoms with van der Waals surface area (Å²) in [7, 11) is 1.73. The number of likely N-dealkylation sites (tertiary alicyclic amines) is 1. The summed E-state index contributed by atoms with van der Waals surface area (Å²) in [5.41, 5.74) is 1.15. The number of halogens is 1. The summed E-state index contributed by atoms with van der Waals surface area (Å²) in [6.45, 7) is 11.5. The van der Waals surface area contributed by atoms with Gasteiger partial charge in [-0.1, -0.05) is 0 Å². The molecule has 2 heterocycles. The minimum atomic E-state index is 0. The minimum absolute atomic E-state index is 0. The van der Waals surface area contributed by atoms with Crippen molar-refractivity contribution >= 4 is 41.3 Å². The van der Waals surface area contributed by atoms with E-state index in [0.717, 1.165) is 81.7 Å². The average Bonchev–Trinajstić information content (AvgIpc) is 2.96. The number of thiazole rings is 1. The van der Waals surface area contributed by atoms with E-state index in [9.17, 15) is 0 Å². The SMILES string of the molecule is CCNC(=NCCc1sc(C)nc1C)N1CCC(OCCCOC)CC1.I. The van der Waals surface area contributed by atoms with Gasteiger partial charge in [0.25, 0.3) is 0 Å². The maximum absolute atomic E-state index is 5.96. The number of aliphatic imine (C=N–C) groups is 1. The maximum atomic E-state index is 5.96. The smallest absolute Gasteiger partial charge is 0.193 e. The first-order chi connectivity index (χ1) is 12.6. The van der Waals surface area contributed by atoms with Crippen molar-refractivity contribution in [3.8, 4) is 0 Å². The molecular weight excluding hydrogens is 475 g/mol. The summed E-state index contributed by atoms with van der Waals surface area (Å²) >= 11 is 1.79. The Morgan fingerprint density at radius 3 is 2.63 bits per heavy atom. The first-order valence-electron chi connectivity index (χ1n) is 9.70. The van der Waals surface area contributed by atoms with Crippen molar-refractivity contribution in [2.75, 3.05) is 46.5 Å². The zero-order chi connectivity index (χ0) is 18.8. The second-order valence-electron chi connectivity index (χ2n) is 6.63. The van der Waals surface area contributed by atoms with E-state index in [2.05, 4.69) is 36.0 Å². The minimum Gasteiger partial charge on any atom is -0.385 e. The van der Waals surface area contributed by atoms with E-state index in [4.69, 9.17) is 14.5 Å². The van der Waals surface area contributed by atoms with Gasteiger partial charge in [0.05, 0.1) is 16.8 Å². The van der Waals surface area contributed by atoms with Crippen molar-refractivity contribution < 1.29 is 9.47 Å². The highest BCUT2D eigenvalue weighted by Crippen LogP contribution is 2.18. The molecule has 0 spiro atoms. The fourth-order valence-corrected chi connectivity index (χ4v) is 4.11. The molecule has 156 valence electrons. The highest BCUT2D eigenvalue weighted by Gasteiger charge is 2.21. The summed E-state index contributed by atoms with van der Waals surface area (Å²) in [6.07, 6.45) is 4.42. The number of aromatic nitrogens is 1. The molecule has 6 nitrogen and oxygen atoms in total. The highest BCUT2D eigenvalue weighted by molar-refractivity contribution is 14.0. The first-order valence-corrected chi connectivity index (χ1v) is 10.5. The fourth-order valence-electron chi connectivity index (χ4n) is 3.18. The Kier molecular flexibility index (Phi) is 12.5. The Balaban J connectivity index is 0.00000364. The number of aryl methyl sites for hydroxylation is 2. The van der Waals surface area contributed by atoms with E-state index < -0.39 is 0 Å². The third-order valence-electron chi connectivity index (χ3n) is 4.52. The van der Waals surface area contributed by atoms with Crippen molar-refractivity contribution in [3.05, 3.63) is 15.6 Å². The number of guanidine groups is 1. The average molecular weight is 510 g/mol. The standard InChI is InChI=1S/C19H34N4O2S.HI/c1-5-20-19(21-10-7-18-15(2)22-16(3)26-18)23-11-8-17(9-12-23)25-14-6-13-24-4;/h17H,5-14H2,1-4H3,(H,20,21);1H. The lowest BCUT2D eigenvalue weighted by atomic mass is 10.1. The summed E-state index contributed by atoms with van der Waals surface area (Å²) in [5.74, 6) is 1.03. The molecule has 0 saturated carbocycles. The van der Waals surface area contributed by atoms with Gasteiger partial charge in [-0.15, -0.1) is 35.3 Å². The van der Waals surface area contributed by atoms with E-state index in [0.29, 0.717) is 6.10 Å². The second-order valence-corrected chi connectivity index (χ2v) is 7.92. The molecule has 0 atom stereocenters. The van der Waals surface area contributed by atoms with E-state index >= 15 is 0 Å². The van der Waals surface area contributed by atoms with E-state index in [1.807, 2.05) is 0 Å². The molecule has 8 heteroatoms. The number of nitrogens with zero attached hydrogens (tertiary/aromatic N) is 3. The monoisotopic (exact) mass is 510 g/mol. The third-order valence-corrected chi connectivity index (χ3v) is 5.66. The second kappa shape index (κ2) is 13.7. The molecule has 1 fully saturated rings. The molecule has 1 aromatic rings. The molecule has 27 heavy (non-hydrogen) atoms. The van der Waals surface area contributed by atoms with Crippen LogP contribution in [0.2, 0.25) is 0 Å². The third kappa shape index (κ3) is 8.62. The first kappa shape index (κ1) is 24.6. The lowest BCUT2D eigenvalue weighted by Gasteiger charge is -2.34. The van der Waals surface area contributed by atoms with Gasteiger partial charge in [-0.2, -0.15) is 0 Å². The van der Waals surface area contributed by atoms with E-state index in [1.165, 1.54) is 4.88 Å². The molecule has 1 saturated heterocycles. The van der Waals surface area contributed by atoms with Crippen LogP contribution in [0.3, 0.4) is 0 Å². The number of hydrogen-bond acceptors (Lipinski definition) is 5. The molecular formula is C19H35IN4O2S. The van der Waals surface area contributed by atoms with Crippen LogP contribution in [0.25, 0.3) is 0 Å². The number of nitrogens with one attached hydrogen (secondary N) is 1. The Morgan fingerprint density at radius 1 is 1.30 bits per heavy atom. The number of methoxy groups -OCH3 is 1. The van der Waals surface area contributed by atoms with Crippen LogP contribution in [-0.2, 0) is 15.9 Å². The lowest BCUT2D eigenvalue weighted by molar-refractivity contribution is 0.00991. The summed E-state index contributed by atoms with van der Waals surface area (Å²) < 4.78 is 11.0. The number of piperidine rings is 1. The molecule has 0 radical (unpaired) electrons. The van der Waals surface area contributed by atoms with Gasteiger partial charge in [0, 0.05) is 57.8 Å². The van der Waals surface area contributed by atoms with Crippen LogP contribution in [0.5, 0.6) is 0 Å². The van der Waals surface area contributed by atoms with Gasteiger partial charge in [-0.25, -0.2) is 4.98 Å². The normalized spacial score (nSPS) is 15.7. The van der Waals surface area contributed by atoms with Gasteiger partial charge in [-0.3, -0.25) is 4.99 Å². The molecule has 0 aromatic carbocycles. The fraction of sp³-hybridized carbons (Fsp3) is 0.789. The van der Waals surface area contributed by atoms with Crippen LogP contribution < -0.4 is 5.32 Å². The Bertz CT molecular complexity index is 560. The molecule has 0 bridgehead atoms. The van der Waals surface area contributed by atoms with Gasteiger partial charge < -0.3 is 19.7 Å². The van der Waals surface area contributed by atoms with E-state index in [-0.39, 0.29) is 24.0 Å². The van der Waals surface area contributed by atoms with Crippen molar-refractivity contribution in [1.82, 2.24) is 15.2 Å². The Morgan fingerprint density at radius 2 is 2.04 bits per heavy atom. The van der Waals surface area contributed by atoms with Crippen molar-refractivity contribution in [1.29, 1.82) is 0 Å². The highest BCUT2D eigenvalue weighted by atomic mass is 127. The predicted octanol–water partition coefficient (Wildman–Crippen LogP) is 3.40. The van der Waals surface area contributed by atoms with E-state index in [1.54, 1.807) is 18.4 Å².